The Labute approximate surface area is 157 Å². The number of rotatable bonds is 7. The molecule has 0 aliphatic rings. The fraction of sp³-hybridized carbons (Fsp3) is 0.143. The second-order valence-corrected chi connectivity index (χ2v) is 7.31. The monoisotopic (exact) mass is 368 g/mol. The van der Waals surface area contributed by atoms with Crippen molar-refractivity contribution in [1.29, 1.82) is 0 Å². The average molecular weight is 369 g/mol. The molecular formula is C21H20O2S2. The molecule has 0 radical (unpaired) electrons. The first-order valence-electron chi connectivity index (χ1n) is 7.96. The lowest BCUT2D eigenvalue weighted by molar-refractivity contribution is 0.283. The number of hydrogen-bond donors (Lipinski definition) is 0. The van der Waals surface area contributed by atoms with Crippen LogP contribution in [0.3, 0.4) is 0 Å². The van der Waals surface area contributed by atoms with E-state index in [9.17, 15) is 0 Å². The molecule has 2 nitrogen and oxygen atoms in total. The SMILES string of the molecule is COc1cc(Sc2ccccc2)c(SC)cc1OCc1ccccc1. The third-order valence-electron chi connectivity index (χ3n) is 3.66. The molecule has 3 rings (SSSR count). The average Bonchev–Trinajstić information content (AvgIpc) is 2.68. The minimum Gasteiger partial charge on any atom is -0.493 e. The number of hydrogen-bond acceptors (Lipinski definition) is 4. The van der Waals surface area contributed by atoms with Crippen LogP contribution in [0.15, 0.2) is 87.5 Å². The summed E-state index contributed by atoms with van der Waals surface area (Å²) in [6, 6.07) is 24.6. The normalized spacial score (nSPS) is 10.5. The zero-order valence-electron chi connectivity index (χ0n) is 14.3. The Kier molecular flexibility index (Phi) is 6.31. The molecule has 0 spiro atoms. The van der Waals surface area contributed by atoms with Crippen molar-refractivity contribution >= 4 is 23.5 Å². The van der Waals surface area contributed by atoms with Crippen molar-refractivity contribution in [3.05, 3.63) is 78.4 Å². The molecule has 4 heteroatoms. The highest BCUT2D eigenvalue weighted by Crippen LogP contribution is 2.42. The molecule has 3 aromatic rings. The Morgan fingerprint density at radius 3 is 2.08 bits per heavy atom. The Balaban J connectivity index is 1.84. The highest BCUT2D eigenvalue weighted by molar-refractivity contribution is 8.02. The Bertz CT molecular complexity index is 805. The lowest BCUT2D eigenvalue weighted by Gasteiger charge is -2.15. The summed E-state index contributed by atoms with van der Waals surface area (Å²) in [6.45, 7) is 0.524. The first kappa shape index (κ1) is 17.8. The molecule has 0 saturated heterocycles. The molecule has 0 bridgehead atoms. The van der Waals surface area contributed by atoms with Gasteiger partial charge in [-0.15, -0.1) is 11.8 Å². The minimum atomic E-state index is 0.524. The first-order chi connectivity index (χ1) is 12.3. The molecule has 0 aliphatic heterocycles. The lowest BCUT2D eigenvalue weighted by Crippen LogP contribution is -1.98. The summed E-state index contributed by atoms with van der Waals surface area (Å²) in [5.41, 5.74) is 1.14. The Morgan fingerprint density at radius 1 is 0.800 bits per heavy atom. The van der Waals surface area contributed by atoms with Crippen molar-refractivity contribution in [2.45, 2.75) is 21.3 Å². The lowest BCUT2D eigenvalue weighted by atomic mass is 10.2. The van der Waals surface area contributed by atoms with Gasteiger partial charge < -0.3 is 9.47 Å². The maximum atomic E-state index is 6.01. The van der Waals surface area contributed by atoms with Gasteiger partial charge in [0.1, 0.15) is 6.61 Å². The van der Waals surface area contributed by atoms with Crippen LogP contribution in [-0.4, -0.2) is 13.4 Å². The molecule has 0 saturated carbocycles. The largest absolute Gasteiger partial charge is 0.493 e. The summed E-state index contributed by atoms with van der Waals surface area (Å²) >= 11 is 3.45. The zero-order valence-corrected chi connectivity index (χ0v) is 15.9. The molecule has 0 aromatic heterocycles. The van der Waals surface area contributed by atoms with Crippen molar-refractivity contribution in [2.24, 2.45) is 0 Å². The summed E-state index contributed by atoms with van der Waals surface area (Å²) in [4.78, 5) is 3.55. The van der Waals surface area contributed by atoms with E-state index in [4.69, 9.17) is 9.47 Å². The van der Waals surface area contributed by atoms with Gasteiger partial charge in [0.15, 0.2) is 11.5 Å². The van der Waals surface area contributed by atoms with Crippen LogP contribution in [0.4, 0.5) is 0 Å². The molecule has 0 heterocycles. The van der Waals surface area contributed by atoms with Crippen LogP contribution in [0.2, 0.25) is 0 Å². The maximum Gasteiger partial charge on any atom is 0.162 e. The van der Waals surface area contributed by atoms with E-state index in [2.05, 4.69) is 54.8 Å². The van der Waals surface area contributed by atoms with E-state index in [1.165, 1.54) is 14.7 Å². The zero-order chi connectivity index (χ0) is 17.5. The molecule has 25 heavy (non-hydrogen) atoms. The van der Waals surface area contributed by atoms with Crippen LogP contribution in [-0.2, 0) is 6.61 Å². The van der Waals surface area contributed by atoms with Gasteiger partial charge in [-0.2, -0.15) is 0 Å². The Hall–Kier alpha value is -2.04. The standard InChI is InChI=1S/C21H20O2S2/c1-22-18-13-21(25-17-11-7-4-8-12-17)20(24-2)14-19(18)23-15-16-9-5-3-6-10-16/h3-14H,15H2,1-2H3. The molecule has 3 aromatic carbocycles. The number of thioether (sulfide) groups is 1. The van der Waals surface area contributed by atoms with E-state index in [0.29, 0.717) is 6.61 Å². The van der Waals surface area contributed by atoms with Gasteiger partial charge in [0, 0.05) is 14.7 Å². The van der Waals surface area contributed by atoms with Crippen molar-refractivity contribution in [2.75, 3.05) is 13.4 Å². The summed E-state index contributed by atoms with van der Waals surface area (Å²) in [5.74, 6) is 1.53. The Morgan fingerprint density at radius 2 is 1.44 bits per heavy atom. The van der Waals surface area contributed by atoms with Crippen molar-refractivity contribution in [3.8, 4) is 11.5 Å². The third-order valence-corrected chi connectivity index (χ3v) is 5.63. The topological polar surface area (TPSA) is 18.5 Å². The van der Waals surface area contributed by atoms with Crippen LogP contribution >= 0.6 is 23.5 Å². The molecule has 128 valence electrons. The first-order valence-corrected chi connectivity index (χ1v) is 10.00. The highest BCUT2D eigenvalue weighted by atomic mass is 32.2. The second kappa shape index (κ2) is 8.88. The van der Waals surface area contributed by atoms with E-state index in [0.717, 1.165) is 17.1 Å². The van der Waals surface area contributed by atoms with Crippen LogP contribution in [0, 0.1) is 0 Å². The summed E-state index contributed by atoms with van der Waals surface area (Å²) in [7, 11) is 1.68. The van der Waals surface area contributed by atoms with Gasteiger partial charge in [-0.05, 0) is 36.1 Å². The highest BCUT2D eigenvalue weighted by Gasteiger charge is 2.13. The second-order valence-electron chi connectivity index (χ2n) is 5.34. The van der Waals surface area contributed by atoms with Crippen LogP contribution in [0.5, 0.6) is 11.5 Å². The van der Waals surface area contributed by atoms with Crippen LogP contribution in [0.1, 0.15) is 5.56 Å². The van der Waals surface area contributed by atoms with Crippen LogP contribution in [0.25, 0.3) is 0 Å². The van der Waals surface area contributed by atoms with Gasteiger partial charge in [0.05, 0.1) is 7.11 Å². The fourth-order valence-corrected chi connectivity index (χ4v) is 4.12. The maximum absolute atomic E-state index is 6.01. The summed E-state index contributed by atoms with van der Waals surface area (Å²) in [5, 5.41) is 0. The summed E-state index contributed by atoms with van der Waals surface area (Å²) in [6.07, 6.45) is 2.08. The van der Waals surface area contributed by atoms with E-state index in [-0.39, 0.29) is 0 Å². The number of benzene rings is 3. The molecule has 0 amide bonds. The van der Waals surface area contributed by atoms with Crippen LogP contribution < -0.4 is 9.47 Å². The van der Waals surface area contributed by atoms with E-state index in [1.807, 2.05) is 24.3 Å². The predicted molar refractivity (Wildman–Crippen MR) is 106 cm³/mol. The minimum absolute atomic E-state index is 0.524. The third kappa shape index (κ3) is 4.74. The van der Waals surface area contributed by atoms with Gasteiger partial charge in [-0.1, -0.05) is 60.3 Å². The molecule has 0 atom stereocenters. The van der Waals surface area contributed by atoms with Gasteiger partial charge >= 0.3 is 0 Å². The smallest absolute Gasteiger partial charge is 0.162 e. The molecular weight excluding hydrogens is 348 g/mol. The van der Waals surface area contributed by atoms with Gasteiger partial charge in [-0.25, -0.2) is 0 Å². The van der Waals surface area contributed by atoms with Gasteiger partial charge in [-0.3, -0.25) is 0 Å². The van der Waals surface area contributed by atoms with Crippen molar-refractivity contribution in [3.63, 3.8) is 0 Å². The van der Waals surface area contributed by atoms with Crippen molar-refractivity contribution < 1.29 is 9.47 Å². The fourth-order valence-electron chi connectivity index (χ4n) is 2.39. The predicted octanol–water partition coefficient (Wildman–Crippen LogP) is 6.15. The van der Waals surface area contributed by atoms with Crippen molar-refractivity contribution in [1.82, 2.24) is 0 Å². The van der Waals surface area contributed by atoms with E-state index < -0.39 is 0 Å². The number of methoxy groups -OCH3 is 1. The number of ether oxygens (including phenoxy) is 2. The molecule has 0 N–H and O–H groups in total. The van der Waals surface area contributed by atoms with E-state index >= 15 is 0 Å². The van der Waals surface area contributed by atoms with Gasteiger partial charge in [0.25, 0.3) is 0 Å². The quantitative estimate of drug-likeness (QED) is 0.466. The van der Waals surface area contributed by atoms with E-state index in [1.54, 1.807) is 30.6 Å². The molecule has 0 aliphatic carbocycles. The summed E-state index contributed by atoms with van der Waals surface area (Å²) < 4.78 is 11.6. The molecule has 0 fully saturated rings. The van der Waals surface area contributed by atoms with Gasteiger partial charge in [0.2, 0.25) is 0 Å². The molecule has 0 unspecified atom stereocenters.